The molecule has 1 fully saturated rings. The van der Waals surface area contributed by atoms with Crippen LogP contribution in [0.5, 0.6) is 11.5 Å². The lowest BCUT2D eigenvalue weighted by Gasteiger charge is -2.50. The Balaban J connectivity index is 2.08. The van der Waals surface area contributed by atoms with E-state index in [4.69, 9.17) is 0 Å². The van der Waals surface area contributed by atoms with Crippen LogP contribution in [-0.4, -0.2) is 10.2 Å². The maximum Gasteiger partial charge on any atom is 0.121 e. The predicted molar refractivity (Wildman–Crippen MR) is 108 cm³/mol. The third kappa shape index (κ3) is 3.11. The fourth-order valence-corrected chi connectivity index (χ4v) is 4.73. The summed E-state index contributed by atoms with van der Waals surface area (Å²) in [6.07, 6.45) is 6.14. The Hall–Kier alpha value is -1.96. The Kier molecular flexibility index (Phi) is 5.05. The molecular formula is C24H32O2. The molecule has 1 aliphatic carbocycles. The van der Waals surface area contributed by atoms with Crippen LogP contribution < -0.4 is 0 Å². The Labute approximate surface area is 157 Å². The quantitative estimate of drug-likeness (QED) is 0.671. The summed E-state index contributed by atoms with van der Waals surface area (Å²) < 4.78 is 0. The SMILES string of the molecule is CCCCC1CC(c2cc(C)c(O)c(C)c2)(c2cc(C)c(O)c(C)c2)C1. The van der Waals surface area contributed by atoms with Gasteiger partial charge < -0.3 is 10.2 Å². The van der Waals surface area contributed by atoms with Crippen molar-refractivity contribution < 1.29 is 10.2 Å². The van der Waals surface area contributed by atoms with Crippen molar-refractivity contribution in [3.8, 4) is 11.5 Å². The van der Waals surface area contributed by atoms with E-state index in [-0.39, 0.29) is 5.41 Å². The molecule has 1 aliphatic rings. The minimum absolute atomic E-state index is 0.00481. The molecule has 2 heteroatoms. The van der Waals surface area contributed by atoms with Crippen LogP contribution in [0.25, 0.3) is 0 Å². The summed E-state index contributed by atoms with van der Waals surface area (Å²) in [5.74, 6) is 1.58. The van der Waals surface area contributed by atoms with Crippen LogP contribution in [0.3, 0.4) is 0 Å². The van der Waals surface area contributed by atoms with Gasteiger partial charge in [-0.3, -0.25) is 0 Å². The molecule has 2 aromatic carbocycles. The summed E-state index contributed by atoms with van der Waals surface area (Å²) in [6.45, 7) is 10.2. The van der Waals surface area contributed by atoms with Crippen LogP contribution in [0.4, 0.5) is 0 Å². The molecule has 0 aliphatic heterocycles. The van der Waals surface area contributed by atoms with E-state index in [2.05, 4.69) is 31.2 Å². The number of aryl methyl sites for hydroxylation is 4. The van der Waals surface area contributed by atoms with Gasteiger partial charge in [0.1, 0.15) is 11.5 Å². The van der Waals surface area contributed by atoms with Crippen LogP contribution in [-0.2, 0) is 5.41 Å². The second-order valence-electron chi connectivity index (χ2n) is 8.42. The minimum Gasteiger partial charge on any atom is -0.507 e. The van der Waals surface area contributed by atoms with Crippen LogP contribution >= 0.6 is 0 Å². The monoisotopic (exact) mass is 352 g/mol. The van der Waals surface area contributed by atoms with Gasteiger partial charge in [0, 0.05) is 5.41 Å². The van der Waals surface area contributed by atoms with E-state index in [1.165, 1.54) is 30.4 Å². The molecule has 1 saturated carbocycles. The number of rotatable bonds is 5. The zero-order valence-electron chi connectivity index (χ0n) is 16.8. The van der Waals surface area contributed by atoms with Crippen molar-refractivity contribution in [2.75, 3.05) is 0 Å². The molecule has 3 rings (SSSR count). The number of unbranched alkanes of at least 4 members (excludes halogenated alkanes) is 1. The highest BCUT2D eigenvalue weighted by molar-refractivity contribution is 5.53. The van der Waals surface area contributed by atoms with Gasteiger partial charge in [-0.25, -0.2) is 0 Å². The summed E-state index contributed by atoms with van der Waals surface area (Å²) in [5.41, 5.74) is 6.41. The molecule has 0 atom stereocenters. The first-order valence-electron chi connectivity index (χ1n) is 9.90. The van der Waals surface area contributed by atoms with Gasteiger partial charge >= 0.3 is 0 Å². The Bertz CT molecular complexity index is 707. The van der Waals surface area contributed by atoms with Gasteiger partial charge in [-0.15, -0.1) is 0 Å². The van der Waals surface area contributed by atoms with Crippen LogP contribution in [0, 0.1) is 33.6 Å². The molecule has 0 heterocycles. The summed E-state index contributed by atoms with van der Waals surface area (Å²) >= 11 is 0. The summed E-state index contributed by atoms with van der Waals surface area (Å²) in [4.78, 5) is 0. The van der Waals surface area contributed by atoms with Crippen molar-refractivity contribution in [3.05, 3.63) is 57.6 Å². The molecule has 0 aromatic heterocycles. The highest BCUT2D eigenvalue weighted by Gasteiger charge is 2.46. The van der Waals surface area contributed by atoms with E-state index in [0.717, 1.165) is 41.0 Å². The third-order valence-corrected chi connectivity index (χ3v) is 6.33. The normalized spacial score (nSPS) is 16.5. The molecule has 0 unspecified atom stereocenters. The molecule has 2 aromatic rings. The molecule has 26 heavy (non-hydrogen) atoms. The van der Waals surface area contributed by atoms with Gasteiger partial charge in [-0.2, -0.15) is 0 Å². The average molecular weight is 353 g/mol. The number of phenolic OH excluding ortho intramolecular Hbond substituents is 2. The zero-order valence-corrected chi connectivity index (χ0v) is 16.8. The fourth-order valence-electron chi connectivity index (χ4n) is 4.73. The number of hydrogen-bond donors (Lipinski definition) is 2. The smallest absolute Gasteiger partial charge is 0.121 e. The molecule has 0 amide bonds. The number of benzene rings is 2. The van der Waals surface area contributed by atoms with Crippen LogP contribution in [0.1, 0.15) is 72.4 Å². The molecule has 0 bridgehead atoms. The number of hydrogen-bond acceptors (Lipinski definition) is 2. The number of phenols is 2. The van der Waals surface area contributed by atoms with Gasteiger partial charge in [0.25, 0.3) is 0 Å². The van der Waals surface area contributed by atoms with E-state index in [9.17, 15) is 10.2 Å². The highest BCUT2D eigenvalue weighted by Crippen LogP contribution is 2.55. The maximum atomic E-state index is 10.2. The molecular weight excluding hydrogens is 320 g/mol. The topological polar surface area (TPSA) is 40.5 Å². The second-order valence-corrected chi connectivity index (χ2v) is 8.42. The Morgan fingerprint density at radius 1 is 0.808 bits per heavy atom. The summed E-state index contributed by atoms with van der Waals surface area (Å²) in [7, 11) is 0. The first-order valence-corrected chi connectivity index (χ1v) is 9.90. The predicted octanol–water partition coefficient (Wildman–Crippen LogP) is 6.22. The lowest BCUT2D eigenvalue weighted by Crippen LogP contribution is -2.42. The average Bonchev–Trinajstić information content (AvgIpc) is 2.56. The van der Waals surface area contributed by atoms with Crippen molar-refractivity contribution in [1.82, 2.24) is 0 Å². The lowest BCUT2D eigenvalue weighted by molar-refractivity contribution is 0.167. The third-order valence-electron chi connectivity index (χ3n) is 6.33. The largest absolute Gasteiger partial charge is 0.507 e. The first kappa shape index (κ1) is 18.8. The zero-order chi connectivity index (χ0) is 19.1. The molecule has 2 N–H and O–H groups in total. The lowest BCUT2D eigenvalue weighted by atomic mass is 9.54. The van der Waals surface area contributed by atoms with Crippen molar-refractivity contribution in [1.29, 1.82) is 0 Å². The fraction of sp³-hybridized carbons (Fsp3) is 0.500. The van der Waals surface area contributed by atoms with E-state index in [0.29, 0.717) is 11.5 Å². The van der Waals surface area contributed by atoms with Crippen molar-refractivity contribution in [2.24, 2.45) is 5.92 Å². The Morgan fingerprint density at radius 2 is 1.19 bits per heavy atom. The molecule has 0 spiro atoms. The maximum absolute atomic E-state index is 10.2. The molecule has 2 nitrogen and oxygen atoms in total. The highest BCUT2D eigenvalue weighted by atomic mass is 16.3. The van der Waals surface area contributed by atoms with Crippen LogP contribution in [0.15, 0.2) is 24.3 Å². The summed E-state index contributed by atoms with van der Waals surface area (Å²) in [6, 6.07) is 8.65. The minimum atomic E-state index is 0.00481. The van der Waals surface area contributed by atoms with Crippen molar-refractivity contribution in [2.45, 2.75) is 72.1 Å². The van der Waals surface area contributed by atoms with Crippen molar-refractivity contribution >= 4 is 0 Å². The van der Waals surface area contributed by atoms with E-state index in [1.807, 2.05) is 27.7 Å². The molecule has 140 valence electrons. The van der Waals surface area contributed by atoms with Gasteiger partial charge in [-0.1, -0.05) is 50.5 Å². The van der Waals surface area contributed by atoms with E-state index >= 15 is 0 Å². The van der Waals surface area contributed by atoms with Gasteiger partial charge in [0.2, 0.25) is 0 Å². The van der Waals surface area contributed by atoms with Gasteiger partial charge in [0.15, 0.2) is 0 Å². The standard InChI is InChI=1S/C24H32O2/c1-6-7-8-19-13-24(14-19,20-9-15(2)22(25)16(3)10-20)21-11-17(4)23(26)18(5)12-21/h9-12,19,25-26H,6-8,13-14H2,1-5H3. The Morgan fingerprint density at radius 3 is 1.54 bits per heavy atom. The van der Waals surface area contributed by atoms with Gasteiger partial charge in [-0.05, 0) is 79.8 Å². The van der Waals surface area contributed by atoms with Crippen LogP contribution in [0.2, 0.25) is 0 Å². The van der Waals surface area contributed by atoms with Crippen molar-refractivity contribution in [3.63, 3.8) is 0 Å². The molecule has 0 radical (unpaired) electrons. The number of aromatic hydroxyl groups is 2. The molecule has 0 saturated heterocycles. The van der Waals surface area contributed by atoms with E-state index in [1.54, 1.807) is 0 Å². The second kappa shape index (κ2) is 6.98. The summed E-state index contributed by atoms with van der Waals surface area (Å²) in [5, 5.41) is 20.4. The van der Waals surface area contributed by atoms with E-state index < -0.39 is 0 Å². The van der Waals surface area contributed by atoms with Gasteiger partial charge in [0.05, 0.1) is 0 Å². The first-order chi connectivity index (χ1) is 12.3.